The second-order valence-electron chi connectivity index (χ2n) is 7.37. The average molecular weight is 337 g/mol. The van der Waals surface area contributed by atoms with Gasteiger partial charge >= 0.3 is 0 Å². The van der Waals surface area contributed by atoms with Crippen LogP contribution in [0.5, 0.6) is 0 Å². The molecule has 2 aliphatic rings. The first kappa shape index (κ1) is 16.3. The number of likely N-dealkylation sites (tertiary alicyclic amines) is 1. The molecule has 2 aromatic rings. The molecule has 0 radical (unpaired) electrons. The lowest BCUT2D eigenvalue weighted by Crippen LogP contribution is -2.67. The van der Waals surface area contributed by atoms with E-state index in [4.69, 9.17) is 0 Å². The Morgan fingerprint density at radius 3 is 2.72 bits per heavy atom. The van der Waals surface area contributed by atoms with Gasteiger partial charge in [-0.3, -0.25) is 4.79 Å². The number of amides is 1. The number of nitrogens with zero attached hydrogens (tertiary/aromatic N) is 1. The van der Waals surface area contributed by atoms with Gasteiger partial charge in [0.1, 0.15) is 5.82 Å². The van der Waals surface area contributed by atoms with Crippen molar-refractivity contribution in [3.05, 3.63) is 71.5 Å². The van der Waals surface area contributed by atoms with Crippen LogP contribution >= 0.6 is 0 Å². The van der Waals surface area contributed by atoms with Crippen molar-refractivity contribution in [1.29, 1.82) is 0 Å². The Morgan fingerprint density at radius 1 is 1.12 bits per heavy atom. The van der Waals surface area contributed by atoms with Gasteiger partial charge in [-0.1, -0.05) is 55.3 Å². The summed E-state index contributed by atoms with van der Waals surface area (Å²) in [5, 5.41) is 0. The van der Waals surface area contributed by atoms with Gasteiger partial charge in [-0.05, 0) is 42.5 Å². The predicted molar refractivity (Wildman–Crippen MR) is 96.5 cm³/mol. The third-order valence-electron chi connectivity index (χ3n) is 6.01. The molecule has 2 aromatic carbocycles. The van der Waals surface area contributed by atoms with E-state index >= 15 is 0 Å². The minimum Gasteiger partial charge on any atom is -0.332 e. The van der Waals surface area contributed by atoms with Crippen molar-refractivity contribution < 1.29 is 9.18 Å². The highest BCUT2D eigenvalue weighted by molar-refractivity contribution is 5.79. The molecule has 3 heteroatoms. The smallest absolute Gasteiger partial charge is 0.223 e. The van der Waals surface area contributed by atoms with E-state index < -0.39 is 0 Å². The minimum absolute atomic E-state index is 0.0987. The molecule has 2 atom stereocenters. The molecular weight excluding hydrogens is 313 g/mol. The van der Waals surface area contributed by atoms with E-state index in [1.165, 1.54) is 37.0 Å². The summed E-state index contributed by atoms with van der Waals surface area (Å²) < 4.78 is 13.3. The van der Waals surface area contributed by atoms with E-state index in [9.17, 15) is 9.18 Å². The Labute approximate surface area is 148 Å². The van der Waals surface area contributed by atoms with Crippen LogP contribution in [0.2, 0.25) is 0 Å². The van der Waals surface area contributed by atoms with Crippen LogP contribution in [0.4, 0.5) is 4.39 Å². The molecule has 2 fully saturated rings. The molecule has 1 aliphatic carbocycles. The fourth-order valence-electron chi connectivity index (χ4n) is 4.76. The second-order valence-corrected chi connectivity index (χ2v) is 7.37. The van der Waals surface area contributed by atoms with Crippen LogP contribution in [0, 0.1) is 11.7 Å². The van der Waals surface area contributed by atoms with Crippen LogP contribution in [-0.4, -0.2) is 17.4 Å². The van der Waals surface area contributed by atoms with Gasteiger partial charge in [0.25, 0.3) is 0 Å². The number of halogens is 1. The molecule has 2 unspecified atom stereocenters. The van der Waals surface area contributed by atoms with Crippen LogP contribution in [0.15, 0.2) is 54.6 Å². The Kier molecular flexibility index (Phi) is 4.32. The van der Waals surface area contributed by atoms with E-state index in [1.807, 2.05) is 12.1 Å². The lowest BCUT2D eigenvalue weighted by molar-refractivity contribution is -0.166. The molecule has 1 saturated carbocycles. The molecule has 2 nitrogen and oxygen atoms in total. The number of carbonyl (C=O) groups is 1. The van der Waals surface area contributed by atoms with E-state index in [1.54, 1.807) is 6.07 Å². The molecule has 0 spiro atoms. The lowest BCUT2D eigenvalue weighted by atomic mass is 9.61. The zero-order chi connectivity index (χ0) is 17.3. The highest BCUT2D eigenvalue weighted by atomic mass is 19.1. The maximum absolute atomic E-state index is 13.3. The summed E-state index contributed by atoms with van der Waals surface area (Å²) in [7, 11) is 0. The summed E-state index contributed by atoms with van der Waals surface area (Å²) in [5.74, 6) is 0.551. The molecule has 1 amide bonds. The van der Waals surface area contributed by atoms with Crippen molar-refractivity contribution in [2.75, 3.05) is 6.54 Å². The fourth-order valence-corrected chi connectivity index (χ4v) is 4.76. The molecule has 0 aromatic heterocycles. The van der Waals surface area contributed by atoms with Gasteiger partial charge < -0.3 is 4.90 Å². The molecule has 1 saturated heterocycles. The summed E-state index contributed by atoms with van der Waals surface area (Å²) in [6.45, 7) is 0.872. The number of carbonyl (C=O) groups excluding carboxylic acids is 1. The van der Waals surface area contributed by atoms with Crippen molar-refractivity contribution in [2.24, 2.45) is 5.92 Å². The van der Waals surface area contributed by atoms with Crippen molar-refractivity contribution in [1.82, 2.24) is 4.90 Å². The number of benzene rings is 2. The van der Waals surface area contributed by atoms with Gasteiger partial charge in [-0.15, -0.1) is 0 Å². The van der Waals surface area contributed by atoms with E-state index in [-0.39, 0.29) is 17.3 Å². The normalized spacial score (nSPS) is 25.2. The third kappa shape index (κ3) is 2.86. The zero-order valence-corrected chi connectivity index (χ0v) is 14.5. The van der Waals surface area contributed by atoms with Crippen molar-refractivity contribution in [3.63, 3.8) is 0 Å². The Morgan fingerprint density at radius 2 is 1.96 bits per heavy atom. The number of aryl methyl sites for hydroxylation is 1. The minimum atomic E-state index is -0.234. The van der Waals surface area contributed by atoms with Crippen LogP contribution < -0.4 is 0 Å². The zero-order valence-electron chi connectivity index (χ0n) is 14.5. The van der Waals surface area contributed by atoms with E-state index in [0.717, 1.165) is 18.5 Å². The van der Waals surface area contributed by atoms with Crippen molar-refractivity contribution in [3.8, 4) is 0 Å². The summed E-state index contributed by atoms with van der Waals surface area (Å²) in [4.78, 5) is 15.1. The van der Waals surface area contributed by atoms with E-state index in [0.29, 0.717) is 18.8 Å². The van der Waals surface area contributed by atoms with Gasteiger partial charge in [-0.2, -0.15) is 0 Å². The highest BCUT2D eigenvalue weighted by Crippen LogP contribution is 2.53. The number of hydrogen-bond acceptors (Lipinski definition) is 1. The van der Waals surface area contributed by atoms with Crippen molar-refractivity contribution in [2.45, 2.75) is 44.1 Å². The van der Waals surface area contributed by atoms with E-state index in [2.05, 4.69) is 29.2 Å². The van der Waals surface area contributed by atoms with Gasteiger partial charge in [0, 0.05) is 18.9 Å². The molecular formula is C22H24FNO. The van der Waals surface area contributed by atoms with Crippen LogP contribution in [0.3, 0.4) is 0 Å². The van der Waals surface area contributed by atoms with Gasteiger partial charge in [-0.25, -0.2) is 4.39 Å². The van der Waals surface area contributed by atoms with Gasteiger partial charge in [0.2, 0.25) is 5.91 Å². The van der Waals surface area contributed by atoms with Crippen LogP contribution in [-0.2, 0) is 16.8 Å². The summed E-state index contributed by atoms with van der Waals surface area (Å²) in [6, 6.07) is 17.1. The molecule has 1 aliphatic heterocycles. The average Bonchev–Trinajstić information content (AvgIpc) is 2.62. The van der Waals surface area contributed by atoms with Crippen LogP contribution in [0.1, 0.15) is 43.2 Å². The quantitative estimate of drug-likeness (QED) is 0.793. The Bertz CT molecular complexity index is 760. The maximum atomic E-state index is 13.3. The summed E-state index contributed by atoms with van der Waals surface area (Å²) in [6.07, 6.45) is 5.77. The second kappa shape index (κ2) is 6.62. The number of hydrogen-bond donors (Lipinski definition) is 0. The molecule has 0 bridgehead atoms. The molecule has 0 N–H and O–H groups in total. The lowest BCUT2D eigenvalue weighted by Gasteiger charge is -2.61. The number of rotatable bonds is 4. The largest absolute Gasteiger partial charge is 0.332 e. The fraction of sp³-hybridized carbons (Fsp3) is 0.409. The standard InChI is InChI=1S/C22H24FNO/c23-20-11-6-7-17(15-20)12-13-21(25)24-16-19-10-4-5-14-22(19,24)18-8-2-1-3-9-18/h1-3,6-9,11,15,19H,4-5,10,12-14,16H2. The monoisotopic (exact) mass is 337 g/mol. The topological polar surface area (TPSA) is 20.3 Å². The van der Waals surface area contributed by atoms with Crippen LogP contribution in [0.25, 0.3) is 0 Å². The third-order valence-corrected chi connectivity index (χ3v) is 6.01. The number of fused-ring (bicyclic) bond motifs is 1. The maximum Gasteiger partial charge on any atom is 0.223 e. The SMILES string of the molecule is O=C(CCc1cccc(F)c1)N1CC2CCCCC21c1ccccc1. The molecule has 4 rings (SSSR count). The molecule has 25 heavy (non-hydrogen) atoms. The summed E-state index contributed by atoms with van der Waals surface area (Å²) in [5.41, 5.74) is 2.08. The molecule has 1 heterocycles. The predicted octanol–water partition coefficient (Wildman–Crippen LogP) is 4.69. The van der Waals surface area contributed by atoms with Gasteiger partial charge in [0.15, 0.2) is 0 Å². The first-order valence-corrected chi connectivity index (χ1v) is 9.30. The first-order valence-electron chi connectivity index (χ1n) is 9.30. The van der Waals surface area contributed by atoms with Gasteiger partial charge in [0.05, 0.1) is 5.54 Å². The summed E-state index contributed by atoms with van der Waals surface area (Å²) >= 11 is 0. The Hall–Kier alpha value is -2.16. The van der Waals surface area contributed by atoms with Crippen molar-refractivity contribution >= 4 is 5.91 Å². The molecule has 130 valence electrons. The highest BCUT2D eigenvalue weighted by Gasteiger charge is 2.56. The first-order chi connectivity index (χ1) is 12.2. The Balaban J connectivity index is 1.52.